The normalized spacial score (nSPS) is 16.7. The Hall–Kier alpha value is -3.21. The Bertz CT molecular complexity index is 1820. The maximum atomic E-state index is 13.2. The summed E-state index contributed by atoms with van der Waals surface area (Å²) in [6, 6.07) is 16.2. The number of aryl methyl sites for hydroxylation is 2. The predicted octanol–water partition coefficient (Wildman–Crippen LogP) is 7.22. The minimum Gasteiger partial charge on any atom is -0.371 e. The second-order valence-corrected chi connectivity index (χ2v) is 24.3. The highest BCUT2D eigenvalue weighted by Gasteiger charge is 2.27. The van der Waals surface area contributed by atoms with Gasteiger partial charge in [-0.3, -0.25) is 4.90 Å². The van der Waals surface area contributed by atoms with Crippen LogP contribution in [-0.4, -0.2) is 92.8 Å². The maximum Gasteiger partial charge on any atom is 0.231 e. The third-order valence-electron chi connectivity index (χ3n) is 10.1. The van der Waals surface area contributed by atoms with Crippen LogP contribution in [0, 0.1) is 6.92 Å². The van der Waals surface area contributed by atoms with Gasteiger partial charge in [-0.15, -0.1) is 0 Å². The summed E-state index contributed by atoms with van der Waals surface area (Å²) in [6.45, 7) is 23.0. The number of aromatic nitrogens is 3. The molecule has 4 aromatic rings. The van der Waals surface area contributed by atoms with E-state index in [4.69, 9.17) is 14.7 Å². The van der Waals surface area contributed by atoms with Crippen LogP contribution in [0.2, 0.25) is 25.7 Å². The minimum atomic E-state index is -2.54. The van der Waals surface area contributed by atoms with Crippen LogP contribution in [0.4, 0.5) is 28.8 Å². The molecule has 50 heavy (non-hydrogen) atoms. The molecule has 3 N–H and O–H groups in total. The molecule has 10 nitrogen and oxygen atoms in total. The van der Waals surface area contributed by atoms with Crippen LogP contribution in [0.3, 0.4) is 0 Å². The fraction of sp³-hybridized carbons (Fsp3) is 0.526. The quantitative estimate of drug-likeness (QED) is 0.0753. The van der Waals surface area contributed by atoms with Crippen molar-refractivity contribution in [2.75, 3.05) is 74.7 Å². The van der Waals surface area contributed by atoms with E-state index in [-0.39, 0.29) is 0 Å². The van der Waals surface area contributed by atoms with Gasteiger partial charge in [0.25, 0.3) is 0 Å². The molecule has 6 rings (SSSR count). The van der Waals surface area contributed by atoms with Crippen molar-refractivity contribution < 1.29 is 9.30 Å². The van der Waals surface area contributed by atoms with Crippen molar-refractivity contribution in [3.05, 3.63) is 59.8 Å². The smallest absolute Gasteiger partial charge is 0.231 e. The van der Waals surface area contributed by atoms with E-state index in [1.807, 2.05) is 41.1 Å². The van der Waals surface area contributed by atoms with E-state index in [0.717, 1.165) is 91.6 Å². The van der Waals surface area contributed by atoms with Gasteiger partial charge in [-0.2, -0.15) is 9.97 Å². The summed E-state index contributed by atoms with van der Waals surface area (Å²) >= 11 is 0. The number of piperidine rings is 1. The van der Waals surface area contributed by atoms with E-state index in [0.29, 0.717) is 24.5 Å². The van der Waals surface area contributed by atoms with Crippen LogP contribution in [0.25, 0.3) is 11.0 Å². The molecule has 2 aliphatic rings. The molecule has 0 atom stereocenters. The molecule has 4 heterocycles. The van der Waals surface area contributed by atoms with Crippen LogP contribution in [0.15, 0.2) is 48.7 Å². The zero-order valence-electron chi connectivity index (χ0n) is 31.2. The number of anilines is 5. The molecule has 0 saturated carbocycles. The number of ether oxygens (including phenoxy) is 1. The van der Waals surface area contributed by atoms with Gasteiger partial charge >= 0.3 is 0 Å². The van der Waals surface area contributed by atoms with E-state index in [2.05, 4.69) is 71.4 Å². The monoisotopic (exact) mass is 716 g/mol. The fourth-order valence-corrected chi connectivity index (χ4v) is 9.04. The average Bonchev–Trinajstić information content (AvgIpc) is 3.50. The van der Waals surface area contributed by atoms with Gasteiger partial charge in [0.1, 0.15) is 25.3 Å². The van der Waals surface area contributed by atoms with Crippen molar-refractivity contribution in [3.8, 4) is 0 Å². The van der Waals surface area contributed by atoms with Crippen molar-refractivity contribution in [1.29, 1.82) is 0 Å². The summed E-state index contributed by atoms with van der Waals surface area (Å²) in [6.07, 6.45) is 5.38. The molecule has 12 heteroatoms. The Balaban J connectivity index is 1.28. The average molecular weight is 717 g/mol. The molecular weight excluding hydrogens is 660 g/mol. The van der Waals surface area contributed by atoms with Crippen LogP contribution >= 0.6 is 7.14 Å². The number of nitrogens with zero attached hydrogens (tertiary/aromatic N) is 5. The Morgan fingerprint density at radius 1 is 0.980 bits per heavy atom. The molecule has 270 valence electrons. The first-order valence-corrected chi connectivity index (χ1v) is 24.7. The molecule has 0 spiro atoms. The highest BCUT2D eigenvalue weighted by atomic mass is 31.2. The zero-order valence-corrected chi connectivity index (χ0v) is 33.1. The second kappa shape index (κ2) is 15.6. The number of piperazine rings is 1. The molecule has 0 unspecified atom stereocenters. The van der Waals surface area contributed by atoms with E-state index >= 15 is 0 Å². The molecule has 2 aliphatic heterocycles. The molecular formula is C38H57N8O2PSi. The number of nitrogens with one attached hydrogen (secondary N) is 3. The van der Waals surface area contributed by atoms with Crippen LogP contribution in [-0.2, 0) is 22.5 Å². The van der Waals surface area contributed by atoms with Gasteiger partial charge in [0.15, 0.2) is 0 Å². The third-order valence-corrected chi connectivity index (χ3v) is 13.4. The topological polar surface area (TPSA) is 99.6 Å². The van der Waals surface area contributed by atoms with E-state index in [1.165, 1.54) is 24.1 Å². The maximum absolute atomic E-state index is 13.2. The summed E-state index contributed by atoms with van der Waals surface area (Å²) in [4.78, 5) is 15.3. The van der Waals surface area contributed by atoms with Crippen molar-refractivity contribution in [2.24, 2.45) is 0 Å². The standard InChI is InChI=1S/C38H57N8O2PSi/c1-8-29-26-33(28(2)25-34(29)45-18-13-30(14-19-45)44-21-16-39-17-22-44)41-38-42-36(40-32-11-9-10-12-35(32)49(3,4)47)31-15-20-46(37(31)43-38)27-48-23-24-50(5,6)7/h9-12,15,20,25-26,30,39H,8,13-14,16-19,21-24,27H2,1-7H3,(H2,40,41,42,43). The van der Waals surface area contributed by atoms with Crippen molar-refractivity contribution in [3.63, 3.8) is 0 Å². The van der Waals surface area contributed by atoms with Gasteiger partial charge in [0, 0.05) is 82.9 Å². The highest BCUT2D eigenvalue weighted by Crippen LogP contribution is 2.39. The highest BCUT2D eigenvalue weighted by molar-refractivity contribution is 7.70. The largest absolute Gasteiger partial charge is 0.371 e. The fourth-order valence-electron chi connectivity index (χ4n) is 7.13. The van der Waals surface area contributed by atoms with Crippen molar-refractivity contribution >= 4 is 60.4 Å². The Kier molecular flexibility index (Phi) is 11.4. The summed E-state index contributed by atoms with van der Waals surface area (Å²) in [7, 11) is -3.75. The SMILES string of the molecule is CCc1cc(Nc2nc(Nc3ccccc3P(C)(C)=O)c3ccn(COCC[Si](C)(C)C)c3n2)c(C)cc1N1CCC(N2CCNCC2)CC1. The molecule has 0 radical (unpaired) electrons. The number of benzene rings is 2. The van der Waals surface area contributed by atoms with Gasteiger partial charge in [0.05, 0.1) is 11.1 Å². The number of rotatable bonds is 13. The van der Waals surface area contributed by atoms with Crippen LogP contribution in [0.1, 0.15) is 30.9 Å². The second-order valence-electron chi connectivity index (χ2n) is 15.5. The number of hydrogen-bond donors (Lipinski definition) is 3. The summed E-state index contributed by atoms with van der Waals surface area (Å²) in [5, 5.41) is 12.3. The first-order chi connectivity index (χ1) is 23.9. The van der Waals surface area contributed by atoms with E-state index in [9.17, 15) is 4.57 Å². The Morgan fingerprint density at radius 3 is 2.42 bits per heavy atom. The Morgan fingerprint density at radius 2 is 1.72 bits per heavy atom. The summed E-state index contributed by atoms with van der Waals surface area (Å²) in [5.41, 5.74) is 6.41. The lowest BCUT2D eigenvalue weighted by molar-refractivity contribution is 0.0899. The molecule has 0 aliphatic carbocycles. The molecule has 2 fully saturated rings. The van der Waals surface area contributed by atoms with Crippen LogP contribution in [0.5, 0.6) is 0 Å². The number of fused-ring (bicyclic) bond motifs is 1. The first-order valence-electron chi connectivity index (χ1n) is 18.4. The minimum absolute atomic E-state index is 0.415. The Labute approximate surface area is 299 Å². The lowest BCUT2D eigenvalue weighted by Crippen LogP contribution is -2.52. The van der Waals surface area contributed by atoms with Gasteiger partial charge in [-0.05, 0) is 87.0 Å². The molecule has 0 amide bonds. The summed E-state index contributed by atoms with van der Waals surface area (Å²) < 4.78 is 21.4. The van der Waals surface area contributed by atoms with Crippen LogP contribution < -0.4 is 26.2 Å². The van der Waals surface area contributed by atoms with Gasteiger partial charge in [-0.25, -0.2) is 0 Å². The van der Waals surface area contributed by atoms with Gasteiger partial charge < -0.3 is 34.7 Å². The number of hydrogen-bond acceptors (Lipinski definition) is 9. The van der Waals surface area contributed by atoms with Crippen molar-refractivity contribution in [2.45, 2.75) is 71.6 Å². The zero-order chi connectivity index (χ0) is 35.5. The third kappa shape index (κ3) is 8.80. The predicted molar refractivity (Wildman–Crippen MR) is 214 cm³/mol. The molecule has 2 aromatic heterocycles. The van der Waals surface area contributed by atoms with E-state index < -0.39 is 15.2 Å². The molecule has 2 aromatic carbocycles. The molecule has 2 saturated heterocycles. The number of para-hydroxylation sites is 1. The first kappa shape index (κ1) is 36.6. The van der Waals surface area contributed by atoms with E-state index in [1.54, 1.807) is 13.3 Å². The lowest BCUT2D eigenvalue weighted by Gasteiger charge is -2.41. The summed E-state index contributed by atoms with van der Waals surface area (Å²) in [5.74, 6) is 1.17. The lowest BCUT2D eigenvalue weighted by atomic mass is 9.98. The molecule has 0 bridgehead atoms. The van der Waals surface area contributed by atoms with Gasteiger partial charge in [0.2, 0.25) is 5.95 Å². The van der Waals surface area contributed by atoms with Gasteiger partial charge in [-0.1, -0.05) is 38.7 Å². The van der Waals surface area contributed by atoms with Crippen molar-refractivity contribution in [1.82, 2.24) is 24.8 Å².